The summed E-state index contributed by atoms with van der Waals surface area (Å²) in [5.41, 5.74) is 4.05. The molecule has 0 spiro atoms. The van der Waals surface area contributed by atoms with Crippen molar-refractivity contribution in [3.63, 3.8) is 0 Å². The fourth-order valence-electron chi connectivity index (χ4n) is 7.22. The van der Waals surface area contributed by atoms with Crippen LogP contribution in [-0.2, 0) is 35.6 Å². The third-order valence-electron chi connectivity index (χ3n) is 10.0. The fourth-order valence-corrected chi connectivity index (χ4v) is 8.98. The smallest absolute Gasteiger partial charge is 0.315 e. The monoisotopic (exact) mass is 741 g/mol. The van der Waals surface area contributed by atoms with Crippen LogP contribution in [0.25, 0.3) is 0 Å². The van der Waals surface area contributed by atoms with Gasteiger partial charge in [0.1, 0.15) is 16.4 Å². The quantitative estimate of drug-likeness (QED) is 0.180. The van der Waals surface area contributed by atoms with Gasteiger partial charge in [-0.25, -0.2) is 13.2 Å². The molecule has 1 aromatic heterocycles. The van der Waals surface area contributed by atoms with Gasteiger partial charge in [-0.3, -0.25) is 24.2 Å². The Morgan fingerprint density at radius 1 is 1.12 bits per heavy atom. The first-order valence-electron chi connectivity index (χ1n) is 16.5. The normalized spacial score (nSPS) is 27.7. The molecule has 49 heavy (non-hydrogen) atoms. The molecule has 0 radical (unpaired) electrons. The molecule has 5 N–H and O–H groups in total. The van der Waals surface area contributed by atoms with E-state index in [1.807, 2.05) is 6.07 Å². The second-order valence-corrected chi connectivity index (χ2v) is 18.5. The number of pyridine rings is 1. The lowest BCUT2D eigenvalue weighted by atomic mass is 9.84. The number of hydrogen-bond donors (Lipinski definition) is 4. The zero-order valence-electron chi connectivity index (χ0n) is 28.1. The molecule has 2 unspecified atom stereocenters. The van der Waals surface area contributed by atoms with Crippen LogP contribution in [-0.4, -0.2) is 106 Å². The number of carbonyl (C=O) groups excluding carboxylic acids is 5. The molecule has 2 saturated carbocycles. The summed E-state index contributed by atoms with van der Waals surface area (Å²) in [5, 5.41) is 8.47. The van der Waals surface area contributed by atoms with E-state index in [1.165, 1.54) is 9.21 Å². The molecule has 5 rings (SSSR count). The van der Waals surface area contributed by atoms with Crippen LogP contribution in [0.2, 0.25) is 0 Å². The summed E-state index contributed by atoms with van der Waals surface area (Å²) in [5.74, 6) is -4.21. The predicted octanol–water partition coefficient (Wildman–Crippen LogP) is 1.10. The van der Waals surface area contributed by atoms with Gasteiger partial charge in [0.25, 0.3) is 5.91 Å². The number of Topliss-reactive ketones (excluding diaryl/α,β-unsaturated/α-hetero) is 1. The van der Waals surface area contributed by atoms with Crippen LogP contribution < -0.4 is 21.7 Å². The van der Waals surface area contributed by atoms with Crippen molar-refractivity contribution in [3.8, 4) is 0 Å². The van der Waals surface area contributed by atoms with Crippen LogP contribution in [0, 0.1) is 23.2 Å². The molecule has 14 nitrogen and oxygen atoms in total. The zero-order chi connectivity index (χ0) is 36.1. The topological polar surface area (TPSA) is 201 Å². The van der Waals surface area contributed by atoms with Crippen LogP contribution in [0.3, 0.4) is 0 Å². The van der Waals surface area contributed by atoms with E-state index in [2.05, 4.69) is 20.9 Å². The molecule has 1 aromatic rings. The van der Waals surface area contributed by atoms with Gasteiger partial charge < -0.3 is 26.6 Å². The standard InChI is InChI=1S/C32H45Cl2N7O7S/c1-30(2,3)25(38-29(46)39-31(15-19-8-5-6-12-36-19)11-7-13-40(17-31)49(4,47)48)28(45)41-16-20-22(32(20,33)34)23(41)27(44)37-21(14-18-9-10-18)24(42)26(35)43/h5-6,8,12,18,20-23,25H,7,9-11,13-17H2,1-4H3,(H2,35,43)(H,37,44)(H2,38,39,46)/t20-,21?,22-,23-,25+,31?/m0/s1. The van der Waals surface area contributed by atoms with Crippen LogP contribution in [0.15, 0.2) is 24.4 Å². The number of urea groups is 1. The Kier molecular flexibility index (Phi) is 10.3. The van der Waals surface area contributed by atoms with Gasteiger partial charge in [0, 0.05) is 49.8 Å². The minimum atomic E-state index is -3.57. The number of ketones is 1. The average molecular weight is 743 g/mol. The number of nitrogens with one attached hydrogen (secondary N) is 3. The highest BCUT2D eigenvalue weighted by Gasteiger charge is 2.74. The Labute approximate surface area is 296 Å². The summed E-state index contributed by atoms with van der Waals surface area (Å²) >= 11 is 13.0. The highest BCUT2D eigenvalue weighted by molar-refractivity contribution is 7.88. The van der Waals surface area contributed by atoms with Gasteiger partial charge in [0.05, 0.1) is 17.8 Å². The highest BCUT2D eigenvalue weighted by Crippen LogP contribution is 2.65. The number of rotatable bonds is 12. The Balaban J connectivity index is 1.37. The third-order valence-corrected chi connectivity index (χ3v) is 12.4. The van der Waals surface area contributed by atoms with Crippen molar-refractivity contribution in [3.05, 3.63) is 30.1 Å². The Morgan fingerprint density at radius 3 is 2.39 bits per heavy atom. The Morgan fingerprint density at radius 2 is 1.82 bits per heavy atom. The van der Waals surface area contributed by atoms with Crippen molar-refractivity contribution < 1.29 is 32.4 Å². The Hall–Kier alpha value is -3.01. The van der Waals surface area contributed by atoms with E-state index in [0.717, 1.165) is 19.1 Å². The molecule has 0 aromatic carbocycles. The molecule has 4 fully saturated rings. The molecule has 3 heterocycles. The molecule has 270 valence electrons. The minimum Gasteiger partial charge on any atom is -0.363 e. The van der Waals surface area contributed by atoms with Crippen molar-refractivity contribution in [2.75, 3.05) is 25.9 Å². The van der Waals surface area contributed by atoms with Crippen molar-refractivity contribution in [2.45, 2.75) is 87.3 Å². The molecular formula is C32H45Cl2N7O7S. The molecule has 5 amide bonds. The first-order valence-corrected chi connectivity index (χ1v) is 19.1. The van der Waals surface area contributed by atoms with Gasteiger partial charge in [0.15, 0.2) is 0 Å². The molecule has 2 saturated heterocycles. The number of primary amides is 1. The third kappa shape index (κ3) is 8.32. The number of sulfonamides is 1. The van der Waals surface area contributed by atoms with Gasteiger partial charge in [-0.15, -0.1) is 23.2 Å². The van der Waals surface area contributed by atoms with E-state index >= 15 is 0 Å². The van der Waals surface area contributed by atoms with Crippen LogP contribution in [0.4, 0.5) is 4.79 Å². The number of alkyl halides is 2. The van der Waals surface area contributed by atoms with Gasteiger partial charge in [-0.2, -0.15) is 4.31 Å². The Bertz CT molecular complexity index is 1600. The SMILES string of the molecule is CC(C)(C)[C@H](NC(=O)NC1(Cc2ccccn2)CCCN(S(C)(=O)=O)C1)C(=O)N1C[C@H]2[C@@H]([C@H]1C(=O)NC(CC1CC1)C(=O)C(N)=O)C2(Cl)Cl. The van der Waals surface area contributed by atoms with Gasteiger partial charge in [-0.05, 0) is 42.7 Å². The first-order chi connectivity index (χ1) is 22.7. The van der Waals surface area contributed by atoms with E-state index in [4.69, 9.17) is 28.9 Å². The second kappa shape index (κ2) is 13.6. The molecule has 4 aliphatic rings. The number of likely N-dealkylation sites (tertiary alicyclic amines) is 1. The van der Waals surface area contributed by atoms with Crippen LogP contribution in [0.1, 0.15) is 58.6 Å². The molecule has 2 aliphatic carbocycles. The number of piperidine rings is 2. The zero-order valence-corrected chi connectivity index (χ0v) is 30.4. The van der Waals surface area contributed by atoms with Crippen molar-refractivity contribution >= 4 is 62.8 Å². The maximum absolute atomic E-state index is 14.4. The van der Waals surface area contributed by atoms with Crippen molar-refractivity contribution in [1.82, 2.24) is 30.1 Å². The molecular weight excluding hydrogens is 697 g/mol. The van der Waals surface area contributed by atoms with E-state index in [9.17, 15) is 32.4 Å². The lowest BCUT2D eigenvalue weighted by Gasteiger charge is -2.43. The number of aromatic nitrogens is 1. The summed E-state index contributed by atoms with van der Waals surface area (Å²) in [6.07, 6.45) is 5.93. The van der Waals surface area contributed by atoms with Crippen LogP contribution in [0.5, 0.6) is 0 Å². The predicted molar refractivity (Wildman–Crippen MR) is 182 cm³/mol. The minimum absolute atomic E-state index is 0.0151. The van der Waals surface area contributed by atoms with E-state index in [0.29, 0.717) is 25.1 Å². The highest BCUT2D eigenvalue weighted by atomic mass is 35.5. The largest absolute Gasteiger partial charge is 0.363 e. The molecule has 6 atom stereocenters. The van der Waals surface area contributed by atoms with Crippen molar-refractivity contribution in [2.24, 2.45) is 28.9 Å². The van der Waals surface area contributed by atoms with Crippen LogP contribution >= 0.6 is 23.2 Å². The molecule has 17 heteroatoms. The number of fused-ring (bicyclic) bond motifs is 1. The fraction of sp³-hybridized carbons (Fsp3) is 0.688. The molecule has 0 bridgehead atoms. The number of nitrogens with zero attached hydrogens (tertiary/aromatic N) is 3. The number of carbonyl (C=O) groups is 5. The number of amides is 5. The summed E-state index contributed by atoms with van der Waals surface area (Å²) in [6.45, 7) is 5.66. The summed E-state index contributed by atoms with van der Waals surface area (Å²) in [4.78, 5) is 72.1. The lowest BCUT2D eigenvalue weighted by Crippen LogP contribution is -2.66. The maximum atomic E-state index is 14.4. The van der Waals surface area contributed by atoms with Gasteiger partial charge in [0.2, 0.25) is 27.6 Å². The lowest BCUT2D eigenvalue weighted by molar-refractivity contribution is -0.144. The summed E-state index contributed by atoms with van der Waals surface area (Å²) < 4.78 is 25.2. The number of nitrogens with two attached hydrogens (primary N) is 1. The van der Waals surface area contributed by atoms with E-state index in [-0.39, 0.29) is 31.8 Å². The van der Waals surface area contributed by atoms with Crippen molar-refractivity contribution in [1.29, 1.82) is 0 Å². The van der Waals surface area contributed by atoms with Gasteiger partial charge >= 0.3 is 6.03 Å². The average Bonchev–Trinajstić information content (AvgIpc) is 3.85. The summed E-state index contributed by atoms with van der Waals surface area (Å²) in [6, 6.07) is 1.22. The maximum Gasteiger partial charge on any atom is 0.315 e. The summed E-state index contributed by atoms with van der Waals surface area (Å²) in [7, 11) is -3.57. The van der Waals surface area contributed by atoms with E-state index in [1.54, 1.807) is 39.1 Å². The number of halogens is 2. The van der Waals surface area contributed by atoms with E-state index < -0.39 is 84.8 Å². The number of hydrogen-bond acceptors (Lipinski definition) is 8. The second-order valence-electron chi connectivity index (χ2n) is 15.1. The first kappa shape index (κ1) is 37.3. The molecule has 2 aliphatic heterocycles. The van der Waals surface area contributed by atoms with Gasteiger partial charge in [-0.1, -0.05) is 39.7 Å².